The summed E-state index contributed by atoms with van der Waals surface area (Å²) in [5, 5.41) is 15.2. The monoisotopic (exact) mass is 344 g/mol. The Kier molecular flexibility index (Phi) is 2.79. The molecule has 2 heterocycles. The Morgan fingerprint density at radius 2 is 2.18 bits per heavy atom. The van der Waals surface area contributed by atoms with Crippen LogP contribution in [0.5, 0.6) is 0 Å². The van der Waals surface area contributed by atoms with E-state index < -0.39 is 20.7 Å². The SMILES string of the molecule is [O]C1=IC2ON=C(c3ccccc3F)C2C=C1. The van der Waals surface area contributed by atoms with E-state index in [1.165, 1.54) is 6.07 Å². The second-order valence-electron chi connectivity index (χ2n) is 3.71. The highest BCUT2D eigenvalue weighted by atomic mass is 127. The standard InChI is InChI=1S/C12H8FINO2/c13-9-4-2-1-3-7(9)11-8-5-6-10(16)14-12(8)17-15-11/h1-6,8,12H. The fourth-order valence-electron chi connectivity index (χ4n) is 1.84. The average molecular weight is 344 g/mol. The maximum atomic E-state index is 13.7. The number of fused-ring (bicyclic) bond motifs is 1. The first-order chi connectivity index (χ1) is 8.25. The molecular weight excluding hydrogens is 336 g/mol. The molecule has 0 bridgehead atoms. The van der Waals surface area contributed by atoms with Gasteiger partial charge in [-0.3, -0.25) is 0 Å². The molecule has 0 N–H and O–H groups in total. The van der Waals surface area contributed by atoms with Gasteiger partial charge >= 0.3 is 0 Å². The van der Waals surface area contributed by atoms with Crippen molar-refractivity contribution in [2.75, 3.05) is 0 Å². The molecule has 0 saturated carbocycles. The molecule has 1 radical (unpaired) electrons. The lowest BCUT2D eigenvalue weighted by molar-refractivity contribution is 0.147. The van der Waals surface area contributed by atoms with Crippen molar-refractivity contribution in [1.82, 2.24) is 0 Å². The molecule has 17 heavy (non-hydrogen) atoms. The predicted octanol–water partition coefficient (Wildman–Crippen LogP) is 2.60. The summed E-state index contributed by atoms with van der Waals surface area (Å²) >= 11 is -0.706. The fraction of sp³-hybridized carbons (Fsp3) is 0.167. The van der Waals surface area contributed by atoms with Gasteiger partial charge in [-0.1, -0.05) is 29.4 Å². The van der Waals surface area contributed by atoms with Crippen LogP contribution < -0.4 is 0 Å². The van der Waals surface area contributed by atoms with E-state index in [0.29, 0.717) is 11.3 Å². The van der Waals surface area contributed by atoms with Crippen molar-refractivity contribution in [3.63, 3.8) is 0 Å². The number of oxime groups is 1. The topological polar surface area (TPSA) is 41.5 Å². The highest BCUT2D eigenvalue weighted by molar-refractivity contribution is 14.2. The molecule has 0 aliphatic carbocycles. The average Bonchev–Trinajstić information content (AvgIpc) is 2.72. The van der Waals surface area contributed by atoms with Crippen LogP contribution in [0.2, 0.25) is 0 Å². The van der Waals surface area contributed by atoms with Crippen LogP contribution in [0.4, 0.5) is 4.39 Å². The molecule has 2 atom stereocenters. The number of hydrogen-bond donors (Lipinski definition) is 0. The molecule has 0 amide bonds. The summed E-state index contributed by atoms with van der Waals surface area (Å²) in [6, 6.07) is 6.49. The lowest BCUT2D eigenvalue weighted by Crippen LogP contribution is -2.21. The van der Waals surface area contributed by atoms with E-state index in [9.17, 15) is 9.50 Å². The predicted molar refractivity (Wildman–Crippen MR) is 70.2 cm³/mol. The summed E-state index contributed by atoms with van der Waals surface area (Å²) in [7, 11) is 0. The second-order valence-corrected chi connectivity index (χ2v) is 6.62. The molecule has 3 nitrogen and oxygen atoms in total. The summed E-state index contributed by atoms with van der Waals surface area (Å²) in [6.07, 6.45) is 3.34. The van der Waals surface area contributed by atoms with E-state index in [-0.39, 0.29) is 19.5 Å². The summed E-state index contributed by atoms with van der Waals surface area (Å²) in [4.78, 5) is 5.25. The molecular formula is C12H8FINO2. The highest BCUT2D eigenvalue weighted by Crippen LogP contribution is 2.35. The third kappa shape index (κ3) is 1.93. The van der Waals surface area contributed by atoms with Crippen LogP contribution in [0.1, 0.15) is 5.56 Å². The highest BCUT2D eigenvalue weighted by Gasteiger charge is 2.35. The fourth-order valence-corrected chi connectivity index (χ4v) is 4.06. The quantitative estimate of drug-likeness (QED) is 0.570. The number of benzene rings is 1. The number of nitrogens with zero attached hydrogens (tertiary/aromatic N) is 1. The van der Waals surface area contributed by atoms with E-state index in [1.54, 1.807) is 30.4 Å². The molecule has 2 aliphatic heterocycles. The zero-order valence-corrected chi connectivity index (χ0v) is 10.8. The van der Waals surface area contributed by atoms with Crippen LogP contribution >= 0.6 is 20.7 Å². The van der Waals surface area contributed by atoms with Gasteiger partial charge in [0.2, 0.25) is 0 Å². The lowest BCUT2D eigenvalue weighted by Gasteiger charge is -2.14. The summed E-state index contributed by atoms with van der Waals surface area (Å²) < 4.78 is 13.6. The molecule has 0 fully saturated rings. The zero-order chi connectivity index (χ0) is 11.8. The largest absolute Gasteiger partial charge is 0.381 e. The lowest BCUT2D eigenvalue weighted by atomic mass is 9.97. The van der Waals surface area contributed by atoms with Crippen molar-refractivity contribution in [2.24, 2.45) is 11.1 Å². The number of halogens is 2. The van der Waals surface area contributed by atoms with E-state index in [0.717, 1.165) is 0 Å². The van der Waals surface area contributed by atoms with Crippen molar-refractivity contribution in [3.05, 3.63) is 47.8 Å². The first kappa shape index (κ1) is 11.0. The Morgan fingerprint density at radius 3 is 3.00 bits per heavy atom. The van der Waals surface area contributed by atoms with Crippen LogP contribution in [0.15, 0.2) is 41.6 Å². The van der Waals surface area contributed by atoms with Crippen molar-refractivity contribution < 1.29 is 14.3 Å². The maximum Gasteiger partial charge on any atom is 0.187 e. The first-order valence-electron chi connectivity index (χ1n) is 5.10. The number of hydrogen-bond acceptors (Lipinski definition) is 2. The van der Waals surface area contributed by atoms with Gasteiger partial charge in [0.1, 0.15) is 15.2 Å². The molecule has 0 saturated heterocycles. The van der Waals surface area contributed by atoms with Crippen LogP contribution in [0.25, 0.3) is 0 Å². The van der Waals surface area contributed by atoms with E-state index in [2.05, 4.69) is 5.16 Å². The minimum absolute atomic E-state index is 0.0719. The van der Waals surface area contributed by atoms with Gasteiger partial charge in [-0.05, 0) is 32.9 Å². The Morgan fingerprint density at radius 1 is 1.35 bits per heavy atom. The molecule has 5 heteroatoms. The van der Waals surface area contributed by atoms with E-state index >= 15 is 0 Å². The molecule has 87 valence electrons. The van der Waals surface area contributed by atoms with Crippen LogP contribution in [-0.2, 0) is 9.94 Å². The van der Waals surface area contributed by atoms with Crippen LogP contribution in [0, 0.1) is 11.7 Å². The maximum absolute atomic E-state index is 13.7. The molecule has 3 rings (SSSR count). The van der Waals surface area contributed by atoms with Gasteiger partial charge in [-0.25, -0.2) is 4.39 Å². The van der Waals surface area contributed by atoms with Crippen LogP contribution in [-0.4, -0.2) is 13.5 Å². The van der Waals surface area contributed by atoms with Crippen molar-refractivity contribution in [2.45, 2.75) is 4.11 Å². The Bertz CT molecular complexity index is 553. The summed E-state index contributed by atoms with van der Waals surface area (Å²) in [6.45, 7) is 0. The van der Waals surface area contributed by atoms with Gasteiger partial charge < -0.3 is 4.84 Å². The number of rotatable bonds is 1. The minimum atomic E-state index is -0.706. The van der Waals surface area contributed by atoms with Gasteiger partial charge in [0.15, 0.2) is 4.11 Å². The van der Waals surface area contributed by atoms with Gasteiger partial charge in [-0.2, -0.15) is 5.11 Å². The third-order valence-electron chi connectivity index (χ3n) is 2.65. The number of alkyl halides is 1. The van der Waals surface area contributed by atoms with Crippen molar-refractivity contribution in [3.8, 4) is 0 Å². The second kappa shape index (κ2) is 4.30. The van der Waals surface area contributed by atoms with Gasteiger partial charge in [0.25, 0.3) is 0 Å². The molecule has 2 unspecified atom stereocenters. The molecule has 1 aromatic carbocycles. The molecule has 0 aromatic heterocycles. The molecule has 0 spiro atoms. The first-order valence-corrected chi connectivity index (χ1v) is 7.42. The molecule has 1 aromatic rings. The van der Waals surface area contributed by atoms with Crippen molar-refractivity contribution >= 4 is 30.1 Å². The normalized spacial score (nSPS) is 26.5. The van der Waals surface area contributed by atoms with Crippen molar-refractivity contribution in [1.29, 1.82) is 0 Å². The van der Waals surface area contributed by atoms with Gasteiger partial charge in [0, 0.05) is 5.56 Å². The van der Waals surface area contributed by atoms with Crippen LogP contribution in [0.3, 0.4) is 0 Å². The Balaban J connectivity index is 1.98. The third-order valence-corrected chi connectivity index (χ3v) is 5.24. The van der Waals surface area contributed by atoms with E-state index in [1.807, 2.05) is 0 Å². The zero-order valence-electron chi connectivity index (χ0n) is 8.64. The smallest absolute Gasteiger partial charge is 0.187 e. The summed E-state index contributed by atoms with van der Waals surface area (Å²) in [5.41, 5.74) is 1.06. The van der Waals surface area contributed by atoms with Gasteiger partial charge in [-0.15, -0.1) is 0 Å². The Hall–Kier alpha value is -1.08. The molecule has 2 aliphatic rings. The Labute approximate surface area is 107 Å². The minimum Gasteiger partial charge on any atom is -0.381 e. The van der Waals surface area contributed by atoms with Gasteiger partial charge in [0.05, 0.1) is 5.92 Å². The van der Waals surface area contributed by atoms with E-state index in [4.69, 9.17) is 4.84 Å². The summed E-state index contributed by atoms with van der Waals surface area (Å²) in [5.74, 6) is -0.378.